The maximum absolute atomic E-state index is 12.1. The van der Waals surface area contributed by atoms with Crippen molar-refractivity contribution in [2.24, 2.45) is 10.8 Å². The smallest absolute Gasteiger partial charge is 0.402 e. The quantitative estimate of drug-likeness (QED) is 0.627. The van der Waals surface area contributed by atoms with Crippen molar-refractivity contribution in [3.8, 4) is 0 Å². The number of unbranched alkanes of at least 4 members (excludes halogenated alkanes) is 1. The van der Waals surface area contributed by atoms with Gasteiger partial charge in [0.2, 0.25) is 0 Å². The number of carbonyl (C=O) groups is 1. The van der Waals surface area contributed by atoms with Gasteiger partial charge in [0.25, 0.3) is 5.97 Å². The molecule has 0 aliphatic rings. The Morgan fingerprint density at radius 2 is 1.45 bits per heavy atom. The molecular formula is C16H34O3Si. The fraction of sp³-hybridized carbons (Fsp3) is 0.938. The van der Waals surface area contributed by atoms with Crippen LogP contribution in [0.25, 0.3) is 0 Å². The van der Waals surface area contributed by atoms with E-state index in [2.05, 4.69) is 48.5 Å². The van der Waals surface area contributed by atoms with Gasteiger partial charge in [-0.3, -0.25) is 4.79 Å². The van der Waals surface area contributed by atoms with Crippen molar-refractivity contribution in [1.29, 1.82) is 0 Å². The third kappa shape index (κ3) is 8.75. The molecule has 0 aromatic heterocycles. The van der Waals surface area contributed by atoms with Crippen molar-refractivity contribution in [3.63, 3.8) is 0 Å². The molecule has 0 saturated carbocycles. The molecule has 0 aliphatic heterocycles. The lowest BCUT2D eigenvalue weighted by Crippen LogP contribution is -2.48. The van der Waals surface area contributed by atoms with E-state index in [0.717, 1.165) is 24.9 Å². The Labute approximate surface area is 126 Å². The lowest BCUT2D eigenvalue weighted by Gasteiger charge is -2.37. The van der Waals surface area contributed by atoms with Gasteiger partial charge in [-0.05, 0) is 17.3 Å². The first-order chi connectivity index (χ1) is 8.93. The van der Waals surface area contributed by atoms with Crippen LogP contribution >= 0.6 is 0 Å². The van der Waals surface area contributed by atoms with Crippen molar-refractivity contribution in [2.45, 2.75) is 79.8 Å². The first-order valence-corrected chi connectivity index (χ1v) is 9.93. The molecule has 0 spiro atoms. The van der Waals surface area contributed by atoms with Crippen molar-refractivity contribution in [2.75, 3.05) is 7.11 Å². The van der Waals surface area contributed by atoms with E-state index in [9.17, 15) is 4.79 Å². The SMILES string of the molecule is CCCCC(=O)O[Si](CC(C)(C)C)(CC(C)(C)C)OC. The minimum Gasteiger partial charge on any atom is -0.494 e. The molecule has 20 heavy (non-hydrogen) atoms. The fourth-order valence-electron chi connectivity index (χ4n) is 2.52. The van der Waals surface area contributed by atoms with Gasteiger partial charge >= 0.3 is 8.56 Å². The summed E-state index contributed by atoms with van der Waals surface area (Å²) in [4.78, 5) is 12.1. The van der Waals surface area contributed by atoms with E-state index in [1.165, 1.54) is 0 Å². The molecule has 0 aliphatic carbocycles. The van der Waals surface area contributed by atoms with Crippen LogP contribution in [0.4, 0.5) is 0 Å². The average molecular weight is 303 g/mol. The van der Waals surface area contributed by atoms with Gasteiger partial charge in [0.15, 0.2) is 0 Å². The molecule has 0 aromatic carbocycles. The van der Waals surface area contributed by atoms with Gasteiger partial charge in [-0.15, -0.1) is 0 Å². The van der Waals surface area contributed by atoms with Crippen LogP contribution in [0.3, 0.4) is 0 Å². The van der Waals surface area contributed by atoms with Crippen LogP contribution in [0.1, 0.15) is 67.7 Å². The van der Waals surface area contributed by atoms with E-state index in [4.69, 9.17) is 8.85 Å². The third-order valence-electron chi connectivity index (χ3n) is 3.01. The summed E-state index contributed by atoms with van der Waals surface area (Å²) in [6.07, 6.45) is 2.40. The lowest BCUT2D eigenvalue weighted by atomic mass is 10.00. The molecule has 0 heterocycles. The molecule has 0 unspecified atom stereocenters. The van der Waals surface area contributed by atoms with Crippen LogP contribution in [-0.2, 0) is 13.6 Å². The first-order valence-electron chi connectivity index (χ1n) is 7.70. The van der Waals surface area contributed by atoms with E-state index >= 15 is 0 Å². The van der Waals surface area contributed by atoms with E-state index in [-0.39, 0.29) is 16.8 Å². The van der Waals surface area contributed by atoms with Gasteiger partial charge in [0, 0.05) is 25.6 Å². The van der Waals surface area contributed by atoms with Gasteiger partial charge in [-0.2, -0.15) is 0 Å². The first kappa shape index (κ1) is 19.6. The lowest BCUT2D eigenvalue weighted by molar-refractivity contribution is -0.137. The molecule has 0 rings (SSSR count). The highest BCUT2D eigenvalue weighted by Crippen LogP contribution is 2.37. The molecular weight excluding hydrogens is 268 g/mol. The van der Waals surface area contributed by atoms with Crippen molar-refractivity contribution in [3.05, 3.63) is 0 Å². The third-order valence-corrected chi connectivity index (χ3v) is 7.55. The molecule has 0 bridgehead atoms. The highest BCUT2D eigenvalue weighted by molar-refractivity contribution is 6.69. The summed E-state index contributed by atoms with van der Waals surface area (Å²) in [5, 5.41) is 0. The van der Waals surface area contributed by atoms with Crippen LogP contribution < -0.4 is 0 Å². The number of hydrogen-bond acceptors (Lipinski definition) is 3. The molecule has 4 heteroatoms. The molecule has 0 amide bonds. The standard InChI is InChI=1S/C16H34O3Si/c1-9-10-11-14(17)19-20(18-8,12-15(2,3)4)13-16(5,6)7/h9-13H2,1-8H3. The number of hydrogen-bond donors (Lipinski definition) is 0. The Morgan fingerprint density at radius 3 is 1.75 bits per heavy atom. The number of carbonyl (C=O) groups excluding carboxylic acids is 1. The zero-order chi connectivity index (χ0) is 16.0. The Hall–Kier alpha value is -0.353. The Bertz CT molecular complexity index is 284. The summed E-state index contributed by atoms with van der Waals surface area (Å²) in [5.41, 5.74) is 0.192. The predicted octanol–water partition coefficient (Wildman–Crippen LogP) is 4.90. The average Bonchev–Trinajstić information content (AvgIpc) is 2.21. The second-order valence-corrected chi connectivity index (χ2v) is 11.3. The van der Waals surface area contributed by atoms with Gasteiger partial charge in [-0.1, -0.05) is 54.9 Å². The van der Waals surface area contributed by atoms with E-state index in [1.54, 1.807) is 7.11 Å². The van der Waals surface area contributed by atoms with Crippen molar-refractivity contribution in [1.82, 2.24) is 0 Å². The molecule has 0 fully saturated rings. The molecule has 0 N–H and O–H groups in total. The van der Waals surface area contributed by atoms with Crippen molar-refractivity contribution >= 4 is 14.5 Å². The molecule has 3 nitrogen and oxygen atoms in total. The fourth-order valence-corrected chi connectivity index (χ4v) is 6.91. The molecule has 120 valence electrons. The zero-order valence-electron chi connectivity index (χ0n) is 14.8. The second kappa shape index (κ2) is 7.60. The highest BCUT2D eigenvalue weighted by Gasteiger charge is 2.46. The zero-order valence-corrected chi connectivity index (χ0v) is 15.8. The Balaban J connectivity index is 5.05. The van der Waals surface area contributed by atoms with Gasteiger partial charge in [-0.25, -0.2) is 0 Å². The van der Waals surface area contributed by atoms with Crippen LogP contribution in [0.5, 0.6) is 0 Å². The summed E-state index contributed by atoms with van der Waals surface area (Å²) in [7, 11) is -0.798. The van der Waals surface area contributed by atoms with E-state index in [1.807, 2.05) is 0 Å². The van der Waals surface area contributed by atoms with Crippen LogP contribution in [0.15, 0.2) is 0 Å². The maximum atomic E-state index is 12.1. The summed E-state index contributed by atoms with van der Waals surface area (Å²) in [6.45, 7) is 15.1. The minimum absolute atomic E-state index is 0.0890. The Kier molecular flexibility index (Phi) is 7.46. The normalized spacial score (nSPS) is 13.4. The van der Waals surface area contributed by atoms with Gasteiger partial charge in [0.1, 0.15) is 0 Å². The summed E-state index contributed by atoms with van der Waals surface area (Å²) >= 11 is 0. The van der Waals surface area contributed by atoms with Gasteiger partial charge < -0.3 is 8.85 Å². The maximum Gasteiger partial charge on any atom is 0.402 e. The topological polar surface area (TPSA) is 35.5 Å². The number of rotatable bonds is 7. The summed E-state index contributed by atoms with van der Waals surface area (Å²) in [5.74, 6) is -0.0890. The monoisotopic (exact) mass is 302 g/mol. The molecule has 0 radical (unpaired) electrons. The Morgan fingerprint density at radius 1 is 1.00 bits per heavy atom. The van der Waals surface area contributed by atoms with Gasteiger partial charge in [0.05, 0.1) is 0 Å². The predicted molar refractivity (Wildman–Crippen MR) is 86.9 cm³/mol. The largest absolute Gasteiger partial charge is 0.494 e. The minimum atomic E-state index is -2.50. The van der Waals surface area contributed by atoms with E-state index < -0.39 is 8.56 Å². The van der Waals surface area contributed by atoms with Crippen LogP contribution in [0, 0.1) is 10.8 Å². The van der Waals surface area contributed by atoms with Crippen LogP contribution in [0.2, 0.25) is 12.1 Å². The van der Waals surface area contributed by atoms with Crippen molar-refractivity contribution < 1.29 is 13.6 Å². The molecule has 0 atom stereocenters. The second-order valence-electron chi connectivity index (χ2n) is 8.17. The summed E-state index contributed by atoms with van der Waals surface area (Å²) < 4.78 is 11.8. The van der Waals surface area contributed by atoms with Crippen LogP contribution in [-0.4, -0.2) is 21.6 Å². The molecule has 0 saturated heterocycles. The highest BCUT2D eigenvalue weighted by atomic mass is 28.4. The molecule has 0 aromatic rings. The van der Waals surface area contributed by atoms with E-state index in [0.29, 0.717) is 6.42 Å². The summed E-state index contributed by atoms with van der Waals surface area (Å²) in [6, 6.07) is 1.68.